The fourth-order valence-corrected chi connectivity index (χ4v) is 2.73. The highest BCUT2D eigenvalue weighted by molar-refractivity contribution is 4.80. The van der Waals surface area contributed by atoms with E-state index in [1.54, 1.807) is 0 Å². The first-order valence-electron chi connectivity index (χ1n) is 7.12. The Morgan fingerprint density at radius 3 is 1.61 bits per heavy atom. The van der Waals surface area contributed by atoms with Crippen molar-refractivity contribution < 1.29 is 8.97 Å². The molecule has 0 bridgehead atoms. The lowest BCUT2D eigenvalue weighted by molar-refractivity contribution is -0.921. The zero-order chi connectivity index (χ0) is 15.0. The van der Waals surface area contributed by atoms with E-state index in [9.17, 15) is 0 Å². The lowest BCUT2D eigenvalue weighted by atomic mass is 9.77. The molecule has 18 heavy (non-hydrogen) atoms. The summed E-state index contributed by atoms with van der Waals surface area (Å²) in [5.41, 5.74) is 0.519. The van der Waals surface area contributed by atoms with E-state index in [1.807, 2.05) is 0 Å². The molecule has 0 saturated carbocycles. The highest BCUT2D eigenvalue weighted by Gasteiger charge is 2.39. The Morgan fingerprint density at radius 2 is 1.33 bits per heavy atom. The molecule has 0 amide bonds. The van der Waals surface area contributed by atoms with Crippen LogP contribution >= 0.6 is 0 Å². The van der Waals surface area contributed by atoms with Gasteiger partial charge in [-0.25, -0.2) is 0 Å². The first kappa shape index (κ1) is 17.9. The molecule has 0 rings (SSSR count). The van der Waals surface area contributed by atoms with Gasteiger partial charge < -0.3 is 8.97 Å². The fraction of sp³-hybridized carbons (Fsp3) is 0.938. The van der Waals surface area contributed by atoms with Crippen LogP contribution in [0.4, 0.5) is 0 Å². The van der Waals surface area contributed by atoms with Gasteiger partial charge in [-0.1, -0.05) is 13.8 Å². The molecule has 0 aromatic rings. The Morgan fingerprint density at radius 1 is 0.944 bits per heavy atom. The van der Waals surface area contributed by atoms with Crippen molar-refractivity contribution in [3.05, 3.63) is 7.05 Å². The third-order valence-corrected chi connectivity index (χ3v) is 4.78. The SMILES string of the molecule is [CH2-][N+](C)(C)C(C)(C)CC(C)(C)C[N+](C)(C)C(C)C. The minimum absolute atomic E-state index is 0.195. The van der Waals surface area contributed by atoms with Crippen LogP contribution in [0.25, 0.3) is 0 Å². The Bertz CT molecular complexity index is 267. The molecule has 0 N–H and O–H groups in total. The van der Waals surface area contributed by atoms with E-state index < -0.39 is 0 Å². The van der Waals surface area contributed by atoms with Crippen LogP contribution in [0.2, 0.25) is 0 Å². The average molecular weight is 257 g/mol. The quantitative estimate of drug-likeness (QED) is 0.504. The largest absolute Gasteiger partial charge is 0.457 e. The van der Waals surface area contributed by atoms with Gasteiger partial charge in [-0.2, -0.15) is 0 Å². The maximum Gasteiger partial charge on any atom is 0.0838 e. The van der Waals surface area contributed by atoms with Crippen LogP contribution in [-0.4, -0.2) is 55.3 Å². The van der Waals surface area contributed by atoms with Crippen LogP contribution < -0.4 is 0 Å². The smallest absolute Gasteiger partial charge is 0.0838 e. The van der Waals surface area contributed by atoms with Gasteiger partial charge in [-0.3, -0.25) is 0 Å². The molecule has 110 valence electrons. The minimum Gasteiger partial charge on any atom is -0.457 e. The molecule has 0 radical (unpaired) electrons. The second-order valence-electron chi connectivity index (χ2n) is 8.87. The van der Waals surface area contributed by atoms with Gasteiger partial charge >= 0.3 is 0 Å². The van der Waals surface area contributed by atoms with Crippen LogP contribution in [0.3, 0.4) is 0 Å². The first-order chi connectivity index (χ1) is 7.61. The molecule has 0 aromatic carbocycles. The molecular weight excluding hydrogens is 220 g/mol. The van der Waals surface area contributed by atoms with E-state index in [4.69, 9.17) is 0 Å². The van der Waals surface area contributed by atoms with Crippen LogP contribution in [0, 0.1) is 12.5 Å². The molecule has 2 heteroatoms. The van der Waals surface area contributed by atoms with Crippen LogP contribution in [-0.2, 0) is 0 Å². The van der Waals surface area contributed by atoms with E-state index in [2.05, 4.69) is 76.8 Å². The maximum atomic E-state index is 4.29. The summed E-state index contributed by atoms with van der Waals surface area (Å²) in [6.07, 6.45) is 1.19. The molecule has 0 saturated heterocycles. The van der Waals surface area contributed by atoms with Crippen molar-refractivity contribution in [3.63, 3.8) is 0 Å². The van der Waals surface area contributed by atoms with E-state index in [-0.39, 0.29) is 5.54 Å². The normalized spacial score (nSPS) is 15.3. The van der Waals surface area contributed by atoms with E-state index in [0.29, 0.717) is 11.5 Å². The van der Waals surface area contributed by atoms with Crippen molar-refractivity contribution in [3.8, 4) is 0 Å². The molecule has 0 unspecified atom stereocenters. The van der Waals surface area contributed by atoms with Gasteiger partial charge in [-0.05, 0) is 27.7 Å². The molecule has 0 aromatic heterocycles. The summed E-state index contributed by atoms with van der Waals surface area (Å²) in [6.45, 7) is 15.3. The Hall–Kier alpha value is -0.0800. The second-order valence-corrected chi connectivity index (χ2v) is 8.87. The summed E-state index contributed by atoms with van der Waals surface area (Å²) in [6, 6.07) is 0.662. The Balaban J connectivity index is 4.88. The molecule has 0 spiro atoms. The zero-order valence-electron chi connectivity index (χ0n) is 14.6. The van der Waals surface area contributed by atoms with E-state index in [0.717, 1.165) is 8.97 Å². The minimum atomic E-state index is 0.195. The Labute approximate surface area is 116 Å². The fourth-order valence-electron chi connectivity index (χ4n) is 2.73. The number of rotatable bonds is 6. The number of hydrogen-bond acceptors (Lipinski definition) is 0. The summed E-state index contributed by atoms with van der Waals surface area (Å²) in [5, 5.41) is 0. The molecule has 2 nitrogen and oxygen atoms in total. The highest BCUT2D eigenvalue weighted by Crippen LogP contribution is 2.35. The van der Waals surface area contributed by atoms with Crippen molar-refractivity contribution in [2.45, 2.75) is 59.5 Å². The monoisotopic (exact) mass is 257 g/mol. The van der Waals surface area contributed by atoms with Gasteiger partial charge in [0, 0.05) is 25.9 Å². The number of nitrogens with zero attached hydrogens (tertiary/aromatic N) is 2. The zero-order valence-corrected chi connectivity index (χ0v) is 14.6. The van der Waals surface area contributed by atoms with Gasteiger partial charge in [0.1, 0.15) is 0 Å². The van der Waals surface area contributed by atoms with Gasteiger partial charge in [0.25, 0.3) is 0 Å². The second kappa shape index (κ2) is 5.13. The first-order valence-corrected chi connectivity index (χ1v) is 7.12. The standard InChI is InChI=1S/C16H37N2/c1-14(2)18(10,11)13-15(3,4)12-16(5,6)17(7,8)9/h14H,7,12-13H2,1-6,8-11H3/q+1. The predicted molar refractivity (Wildman–Crippen MR) is 82.1 cm³/mol. The lowest BCUT2D eigenvalue weighted by Crippen LogP contribution is -2.57. The average Bonchev–Trinajstić information content (AvgIpc) is 1.95. The van der Waals surface area contributed by atoms with Gasteiger partial charge in [0.15, 0.2) is 0 Å². The summed E-state index contributed by atoms with van der Waals surface area (Å²) < 4.78 is 1.85. The van der Waals surface area contributed by atoms with Crippen molar-refractivity contribution in [2.24, 2.45) is 5.41 Å². The van der Waals surface area contributed by atoms with Crippen LogP contribution in [0.15, 0.2) is 0 Å². The summed E-state index contributed by atoms with van der Waals surface area (Å²) in [7, 11) is 13.4. The van der Waals surface area contributed by atoms with E-state index in [1.165, 1.54) is 13.0 Å². The van der Waals surface area contributed by atoms with Gasteiger partial charge in [0.2, 0.25) is 0 Å². The summed E-state index contributed by atoms with van der Waals surface area (Å²) >= 11 is 0. The van der Waals surface area contributed by atoms with Crippen molar-refractivity contribution in [2.75, 3.05) is 34.7 Å². The predicted octanol–water partition coefficient (Wildman–Crippen LogP) is 3.53. The lowest BCUT2D eigenvalue weighted by Gasteiger charge is -2.52. The number of quaternary nitrogens is 2. The molecule has 0 fully saturated rings. The van der Waals surface area contributed by atoms with Crippen LogP contribution in [0.5, 0.6) is 0 Å². The third kappa shape index (κ3) is 4.89. The topological polar surface area (TPSA) is 0 Å². The summed E-state index contributed by atoms with van der Waals surface area (Å²) in [5.74, 6) is 0. The molecule has 0 aliphatic rings. The molecule has 0 aliphatic heterocycles. The Kier molecular flexibility index (Phi) is 5.10. The maximum absolute atomic E-state index is 4.29. The summed E-state index contributed by atoms with van der Waals surface area (Å²) in [4.78, 5) is 0. The highest BCUT2D eigenvalue weighted by atomic mass is 15.3. The molecule has 0 aliphatic carbocycles. The van der Waals surface area contributed by atoms with Crippen molar-refractivity contribution in [1.29, 1.82) is 0 Å². The van der Waals surface area contributed by atoms with Crippen molar-refractivity contribution >= 4 is 0 Å². The van der Waals surface area contributed by atoms with Gasteiger partial charge in [-0.15, -0.1) is 7.05 Å². The van der Waals surface area contributed by atoms with E-state index >= 15 is 0 Å². The molecule has 0 atom stereocenters. The van der Waals surface area contributed by atoms with Gasteiger partial charge in [0.05, 0.1) is 32.2 Å². The number of hydrogen-bond donors (Lipinski definition) is 0. The van der Waals surface area contributed by atoms with Crippen molar-refractivity contribution in [1.82, 2.24) is 0 Å². The van der Waals surface area contributed by atoms with Crippen LogP contribution in [0.1, 0.15) is 48.0 Å². The third-order valence-electron chi connectivity index (χ3n) is 4.78. The molecular formula is C16H37N2+. The molecule has 0 heterocycles.